The molecule has 0 unspecified atom stereocenters. The van der Waals surface area contributed by atoms with Gasteiger partial charge in [-0.1, -0.05) is 23.3 Å². The van der Waals surface area contributed by atoms with Crippen LogP contribution in [0.2, 0.25) is 0 Å². The summed E-state index contributed by atoms with van der Waals surface area (Å²) in [6, 6.07) is 6.01. The van der Waals surface area contributed by atoms with Crippen LogP contribution in [0.3, 0.4) is 0 Å². The molecule has 0 aromatic carbocycles. The van der Waals surface area contributed by atoms with Gasteiger partial charge in [-0.25, -0.2) is 4.98 Å². The number of hydrogen-bond acceptors (Lipinski definition) is 4. The van der Waals surface area contributed by atoms with Crippen LogP contribution >= 0.6 is 21.6 Å². The summed E-state index contributed by atoms with van der Waals surface area (Å²) in [6.45, 7) is 0.887. The van der Waals surface area contributed by atoms with Crippen molar-refractivity contribution in [1.29, 1.82) is 0 Å². The molecule has 0 amide bonds. The van der Waals surface area contributed by atoms with E-state index in [2.05, 4.69) is 4.98 Å². The van der Waals surface area contributed by atoms with Crippen molar-refractivity contribution >= 4 is 21.6 Å². The molecule has 0 spiro atoms. The predicted octanol–water partition coefficient (Wildman–Crippen LogP) is 3.64. The summed E-state index contributed by atoms with van der Waals surface area (Å²) >= 11 is 0. The Hall–Kier alpha value is -0.190. The molecule has 0 aliphatic rings. The molecule has 0 bridgehead atoms. The van der Waals surface area contributed by atoms with Crippen LogP contribution in [-0.2, 0) is 4.74 Å². The second-order valence-corrected chi connectivity index (χ2v) is 5.56. The van der Waals surface area contributed by atoms with E-state index in [-0.39, 0.29) is 0 Å². The Morgan fingerprint density at radius 2 is 2.20 bits per heavy atom. The van der Waals surface area contributed by atoms with Crippen LogP contribution in [0.5, 0.6) is 0 Å². The molecular formula is C11H17NOS2. The Labute approximate surface area is 99.6 Å². The topological polar surface area (TPSA) is 22.1 Å². The second kappa shape index (κ2) is 9.07. The highest BCUT2D eigenvalue weighted by molar-refractivity contribution is 8.76. The molecule has 84 valence electrons. The van der Waals surface area contributed by atoms with Crippen LogP contribution in [0.1, 0.15) is 19.3 Å². The Balaban J connectivity index is 1.93. The molecule has 2 nitrogen and oxygen atoms in total. The molecule has 0 radical (unpaired) electrons. The lowest BCUT2D eigenvalue weighted by Gasteiger charge is -2.00. The summed E-state index contributed by atoms with van der Waals surface area (Å²) < 4.78 is 5.00. The first-order valence-electron chi connectivity index (χ1n) is 5.13. The molecule has 0 atom stereocenters. The van der Waals surface area contributed by atoms with Crippen molar-refractivity contribution in [3.63, 3.8) is 0 Å². The number of pyridine rings is 1. The quantitative estimate of drug-likeness (QED) is 0.513. The standard InChI is InChI=1S/C11H17NOS2/c1-13-9-5-2-6-10-14-15-11-7-3-4-8-12-11/h3-4,7-8H,2,5-6,9-10H2,1H3. The van der Waals surface area contributed by atoms with Gasteiger partial charge in [0.25, 0.3) is 0 Å². The third-order valence-electron chi connectivity index (χ3n) is 1.86. The largest absolute Gasteiger partial charge is 0.385 e. The minimum atomic E-state index is 0.887. The van der Waals surface area contributed by atoms with Crippen molar-refractivity contribution in [3.05, 3.63) is 24.4 Å². The summed E-state index contributed by atoms with van der Waals surface area (Å²) in [4.78, 5) is 4.25. The van der Waals surface area contributed by atoms with Crippen LogP contribution < -0.4 is 0 Å². The summed E-state index contributed by atoms with van der Waals surface area (Å²) in [5.74, 6) is 1.19. The van der Waals surface area contributed by atoms with Crippen molar-refractivity contribution in [3.8, 4) is 0 Å². The van der Waals surface area contributed by atoms with E-state index in [1.165, 1.54) is 25.0 Å². The first-order chi connectivity index (χ1) is 7.43. The third kappa shape index (κ3) is 6.82. The molecule has 0 saturated heterocycles. The molecule has 1 aromatic heterocycles. The molecule has 0 saturated carbocycles. The van der Waals surface area contributed by atoms with Gasteiger partial charge in [0.2, 0.25) is 0 Å². The SMILES string of the molecule is COCCCCCSSc1ccccn1. The number of unbranched alkanes of at least 4 members (excludes halogenated alkanes) is 2. The Morgan fingerprint density at radius 3 is 2.93 bits per heavy atom. The van der Waals surface area contributed by atoms with Gasteiger partial charge in [-0.05, 0) is 35.8 Å². The molecule has 0 aliphatic carbocycles. The van der Waals surface area contributed by atoms with E-state index in [9.17, 15) is 0 Å². The number of ether oxygens (including phenoxy) is 1. The summed E-state index contributed by atoms with van der Waals surface area (Å²) in [7, 11) is 5.39. The van der Waals surface area contributed by atoms with Crippen LogP contribution in [0.25, 0.3) is 0 Å². The molecule has 1 heterocycles. The Bertz CT molecular complexity index is 244. The molecule has 0 fully saturated rings. The van der Waals surface area contributed by atoms with Crippen LogP contribution in [0, 0.1) is 0 Å². The number of nitrogens with zero attached hydrogens (tertiary/aromatic N) is 1. The first-order valence-corrected chi connectivity index (χ1v) is 7.45. The van der Waals surface area contributed by atoms with Crippen LogP contribution in [0.4, 0.5) is 0 Å². The highest BCUT2D eigenvalue weighted by Crippen LogP contribution is 2.29. The molecule has 1 rings (SSSR count). The summed E-state index contributed by atoms with van der Waals surface area (Å²) in [5.41, 5.74) is 0. The van der Waals surface area contributed by atoms with E-state index >= 15 is 0 Å². The summed E-state index contributed by atoms with van der Waals surface area (Å²) in [5, 5.41) is 1.10. The fourth-order valence-electron chi connectivity index (χ4n) is 1.08. The lowest BCUT2D eigenvalue weighted by molar-refractivity contribution is 0.192. The number of rotatable bonds is 8. The lowest BCUT2D eigenvalue weighted by Crippen LogP contribution is -1.88. The monoisotopic (exact) mass is 243 g/mol. The van der Waals surface area contributed by atoms with Gasteiger partial charge in [-0.2, -0.15) is 0 Å². The lowest BCUT2D eigenvalue weighted by atomic mass is 10.3. The zero-order chi connectivity index (χ0) is 10.8. The summed E-state index contributed by atoms with van der Waals surface area (Å²) in [6.07, 6.45) is 5.52. The van der Waals surface area contributed by atoms with E-state index in [4.69, 9.17) is 4.74 Å². The Kier molecular flexibility index (Phi) is 7.78. The highest BCUT2D eigenvalue weighted by Gasteiger charge is 1.95. The van der Waals surface area contributed by atoms with Crippen molar-refractivity contribution in [1.82, 2.24) is 4.98 Å². The van der Waals surface area contributed by atoms with Crippen molar-refractivity contribution < 1.29 is 4.74 Å². The average Bonchev–Trinajstić information content (AvgIpc) is 2.29. The molecular weight excluding hydrogens is 226 g/mol. The minimum Gasteiger partial charge on any atom is -0.385 e. The molecule has 4 heteroatoms. The van der Waals surface area contributed by atoms with Gasteiger partial charge < -0.3 is 4.74 Å². The second-order valence-electron chi connectivity index (χ2n) is 3.13. The van der Waals surface area contributed by atoms with Crippen molar-refractivity contribution in [2.75, 3.05) is 19.5 Å². The molecule has 15 heavy (non-hydrogen) atoms. The smallest absolute Gasteiger partial charge is 0.106 e. The molecule has 0 aliphatic heterocycles. The molecule has 0 N–H and O–H groups in total. The van der Waals surface area contributed by atoms with E-state index in [1.54, 1.807) is 17.9 Å². The van der Waals surface area contributed by atoms with Crippen molar-refractivity contribution in [2.45, 2.75) is 24.3 Å². The van der Waals surface area contributed by atoms with E-state index in [1.807, 2.05) is 35.2 Å². The average molecular weight is 243 g/mol. The normalized spacial score (nSPS) is 10.5. The fourth-order valence-corrected chi connectivity index (χ4v) is 3.11. The van der Waals surface area contributed by atoms with Crippen LogP contribution in [0.15, 0.2) is 29.4 Å². The van der Waals surface area contributed by atoms with E-state index < -0.39 is 0 Å². The van der Waals surface area contributed by atoms with Gasteiger partial charge in [0, 0.05) is 25.7 Å². The Morgan fingerprint density at radius 1 is 1.27 bits per heavy atom. The number of hydrogen-bond donors (Lipinski definition) is 0. The zero-order valence-corrected chi connectivity index (χ0v) is 10.6. The van der Waals surface area contributed by atoms with Gasteiger partial charge >= 0.3 is 0 Å². The van der Waals surface area contributed by atoms with Crippen molar-refractivity contribution in [2.24, 2.45) is 0 Å². The maximum absolute atomic E-state index is 5.00. The number of aromatic nitrogens is 1. The highest BCUT2D eigenvalue weighted by atomic mass is 33.1. The predicted molar refractivity (Wildman–Crippen MR) is 68.3 cm³/mol. The first kappa shape index (κ1) is 12.9. The van der Waals surface area contributed by atoms with Gasteiger partial charge in [-0.15, -0.1) is 0 Å². The minimum absolute atomic E-state index is 0.887. The van der Waals surface area contributed by atoms with Gasteiger partial charge in [0.05, 0.1) is 0 Å². The fraction of sp³-hybridized carbons (Fsp3) is 0.545. The molecule has 1 aromatic rings. The van der Waals surface area contributed by atoms with Gasteiger partial charge in [0.15, 0.2) is 0 Å². The van der Waals surface area contributed by atoms with Gasteiger partial charge in [-0.3, -0.25) is 0 Å². The number of methoxy groups -OCH3 is 1. The maximum atomic E-state index is 5.00. The maximum Gasteiger partial charge on any atom is 0.106 e. The van der Waals surface area contributed by atoms with E-state index in [0.29, 0.717) is 0 Å². The third-order valence-corrected chi connectivity index (χ3v) is 4.21. The van der Waals surface area contributed by atoms with E-state index in [0.717, 1.165) is 11.6 Å². The zero-order valence-electron chi connectivity index (χ0n) is 9.02. The van der Waals surface area contributed by atoms with Crippen LogP contribution in [-0.4, -0.2) is 24.5 Å². The van der Waals surface area contributed by atoms with Gasteiger partial charge in [0.1, 0.15) is 5.03 Å².